The van der Waals surface area contributed by atoms with Gasteiger partial charge in [-0.1, -0.05) is 5.16 Å². The summed E-state index contributed by atoms with van der Waals surface area (Å²) in [6, 6.07) is -1.22. The Kier molecular flexibility index (Phi) is 3.27. The van der Waals surface area contributed by atoms with Crippen molar-refractivity contribution in [1.82, 2.24) is 25.2 Å². The summed E-state index contributed by atoms with van der Waals surface area (Å²) >= 11 is 0. The highest BCUT2D eigenvalue weighted by atomic mass is 16.5. The number of hydrogen-bond acceptors (Lipinski definition) is 6. The molecule has 0 bridgehead atoms. The van der Waals surface area contributed by atoms with Gasteiger partial charge in [-0.05, 0) is 0 Å². The van der Waals surface area contributed by atoms with Crippen LogP contribution in [0.25, 0.3) is 0 Å². The predicted molar refractivity (Wildman–Crippen MR) is 60.1 cm³/mol. The summed E-state index contributed by atoms with van der Waals surface area (Å²) in [4.78, 5) is 26.6. The topological polar surface area (TPSA) is 123 Å². The van der Waals surface area contributed by atoms with Crippen molar-refractivity contribution in [3.8, 4) is 0 Å². The van der Waals surface area contributed by atoms with Gasteiger partial charge in [-0.2, -0.15) is 10.1 Å². The zero-order chi connectivity index (χ0) is 14.0. The normalized spacial score (nSPS) is 12.1. The summed E-state index contributed by atoms with van der Waals surface area (Å²) in [7, 11) is 1.65. The van der Waals surface area contributed by atoms with Crippen molar-refractivity contribution in [3.05, 3.63) is 29.7 Å². The highest BCUT2D eigenvalue weighted by molar-refractivity contribution is 5.93. The van der Waals surface area contributed by atoms with Gasteiger partial charge in [-0.25, -0.2) is 4.79 Å². The maximum Gasteiger partial charge on any atom is 0.331 e. The molecule has 0 saturated heterocycles. The minimum Gasteiger partial charge on any atom is -0.479 e. The third-order valence-corrected chi connectivity index (χ3v) is 2.31. The van der Waals surface area contributed by atoms with Crippen LogP contribution in [0.5, 0.6) is 0 Å². The fraction of sp³-hybridized carbons (Fsp3) is 0.300. The fourth-order valence-electron chi connectivity index (χ4n) is 1.46. The molecule has 1 unspecified atom stereocenters. The molecule has 1 amide bonds. The van der Waals surface area contributed by atoms with Crippen molar-refractivity contribution in [2.45, 2.75) is 13.0 Å². The lowest BCUT2D eigenvalue weighted by Gasteiger charge is -2.10. The Morgan fingerprint density at radius 1 is 1.53 bits per heavy atom. The molecule has 0 aliphatic heterocycles. The van der Waals surface area contributed by atoms with Crippen LogP contribution < -0.4 is 5.32 Å². The molecule has 0 spiro atoms. The highest BCUT2D eigenvalue weighted by Gasteiger charge is 2.25. The van der Waals surface area contributed by atoms with E-state index in [9.17, 15) is 9.59 Å². The van der Waals surface area contributed by atoms with Gasteiger partial charge in [-0.3, -0.25) is 9.48 Å². The minimum atomic E-state index is -1.22. The number of aromatic nitrogens is 4. The molecule has 100 valence electrons. The molecule has 0 aromatic carbocycles. The van der Waals surface area contributed by atoms with Crippen LogP contribution in [0.1, 0.15) is 28.1 Å². The highest BCUT2D eigenvalue weighted by Crippen LogP contribution is 2.12. The molecule has 9 nitrogen and oxygen atoms in total. The van der Waals surface area contributed by atoms with E-state index in [0.29, 0.717) is 5.56 Å². The van der Waals surface area contributed by atoms with E-state index < -0.39 is 17.9 Å². The molecule has 9 heteroatoms. The molecule has 19 heavy (non-hydrogen) atoms. The molecule has 1 atom stereocenters. The molecule has 0 aliphatic carbocycles. The summed E-state index contributed by atoms with van der Waals surface area (Å²) in [5.41, 5.74) is 0.351. The predicted octanol–water partition coefficient (Wildman–Crippen LogP) is -0.333. The molecule has 0 fully saturated rings. The third kappa shape index (κ3) is 2.76. The first kappa shape index (κ1) is 12.7. The quantitative estimate of drug-likeness (QED) is 0.775. The second kappa shape index (κ2) is 4.88. The Bertz CT molecular complexity index is 617. The molecule has 0 aliphatic rings. The van der Waals surface area contributed by atoms with E-state index in [-0.39, 0.29) is 11.7 Å². The Morgan fingerprint density at radius 3 is 2.74 bits per heavy atom. The molecule has 2 rings (SSSR count). The van der Waals surface area contributed by atoms with Crippen LogP contribution >= 0.6 is 0 Å². The van der Waals surface area contributed by atoms with Crippen molar-refractivity contribution in [2.24, 2.45) is 7.05 Å². The summed E-state index contributed by atoms with van der Waals surface area (Å²) in [5.74, 6) is -1.93. The lowest BCUT2D eigenvalue weighted by molar-refractivity contribution is -0.139. The molecule has 2 N–H and O–H groups in total. The van der Waals surface area contributed by atoms with Crippen molar-refractivity contribution >= 4 is 11.9 Å². The largest absolute Gasteiger partial charge is 0.479 e. The fourth-order valence-corrected chi connectivity index (χ4v) is 1.46. The van der Waals surface area contributed by atoms with E-state index in [1.165, 1.54) is 24.0 Å². The summed E-state index contributed by atoms with van der Waals surface area (Å²) in [5, 5.41) is 18.7. The number of rotatable bonds is 4. The van der Waals surface area contributed by atoms with Crippen molar-refractivity contribution in [1.29, 1.82) is 0 Å². The molecule has 2 aromatic heterocycles. The average Bonchev–Trinajstić information content (AvgIpc) is 2.94. The van der Waals surface area contributed by atoms with Crippen LogP contribution in [0.3, 0.4) is 0 Å². The molecule has 2 aromatic rings. The summed E-state index contributed by atoms with van der Waals surface area (Å²) in [6.45, 7) is 1.53. The molecule has 0 radical (unpaired) electrons. The monoisotopic (exact) mass is 265 g/mol. The van der Waals surface area contributed by atoms with Gasteiger partial charge in [0, 0.05) is 25.7 Å². The van der Waals surface area contributed by atoms with Gasteiger partial charge in [0.1, 0.15) is 0 Å². The third-order valence-electron chi connectivity index (χ3n) is 2.31. The first-order valence-corrected chi connectivity index (χ1v) is 5.30. The number of hydrogen-bond donors (Lipinski definition) is 2. The average molecular weight is 265 g/mol. The Labute approximate surface area is 107 Å². The maximum absolute atomic E-state index is 11.8. The number of aliphatic carboxylic acids is 1. The number of carboxylic acid groups (broad SMARTS) is 1. The van der Waals surface area contributed by atoms with E-state index in [1.54, 1.807) is 7.05 Å². The van der Waals surface area contributed by atoms with Crippen molar-refractivity contribution < 1.29 is 19.2 Å². The smallest absolute Gasteiger partial charge is 0.331 e. The van der Waals surface area contributed by atoms with Gasteiger partial charge in [0.25, 0.3) is 11.7 Å². The lowest BCUT2D eigenvalue weighted by Crippen LogP contribution is -2.34. The lowest BCUT2D eigenvalue weighted by atomic mass is 10.1. The van der Waals surface area contributed by atoms with Crippen LogP contribution in [-0.4, -0.2) is 36.9 Å². The molecule has 0 saturated carbocycles. The zero-order valence-corrected chi connectivity index (χ0v) is 10.2. The van der Waals surface area contributed by atoms with E-state index in [0.717, 1.165) is 0 Å². The van der Waals surface area contributed by atoms with Crippen LogP contribution in [0, 0.1) is 6.92 Å². The number of carbonyl (C=O) groups is 2. The van der Waals surface area contributed by atoms with Gasteiger partial charge in [0.2, 0.25) is 5.89 Å². The van der Waals surface area contributed by atoms with Gasteiger partial charge in [-0.15, -0.1) is 0 Å². The summed E-state index contributed by atoms with van der Waals surface area (Å²) < 4.78 is 6.09. The number of amides is 1. The van der Waals surface area contributed by atoms with E-state index in [4.69, 9.17) is 5.11 Å². The van der Waals surface area contributed by atoms with Crippen LogP contribution in [0.4, 0.5) is 0 Å². The van der Waals surface area contributed by atoms with Gasteiger partial charge in [0.05, 0.1) is 6.20 Å². The zero-order valence-electron chi connectivity index (χ0n) is 10.2. The Balaban J connectivity index is 2.18. The number of carboxylic acids is 1. The van der Waals surface area contributed by atoms with Gasteiger partial charge in [0.15, 0.2) is 6.04 Å². The Morgan fingerprint density at radius 2 is 2.26 bits per heavy atom. The number of carbonyl (C=O) groups excluding carboxylic acids is 1. The van der Waals surface area contributed by atoms with E-state index >= 15 is 0 Å². The number of nitrogens with one attached hydrogen (secondary N) is 1. The second-order valence-corrected chi connectivity index (χ2v) is 3.83. The maximum atomic E-state index is 11.8. The first-order valence-electron chi connectivity index (χ1n) is 5.30. The number of aryl methyl sites for hydroxylation is 2. The van der Waals surface area contributed by atoms with Gasteiger partial charge < -0.3 is 14.9 Å². The van der Waals surface area contributed by atoms with Crippen molar-refractivity contribution in [2.75, 3.05) is 0 Å². The molecule has 2 heterocycles. The van der Waals surface area contributed by atoms with E-state index in [1.807, 2.05) is 0 Å². The van der Waals surface area contributed by atoms with E-state index in [2.05, 4.69) is 25.1 Å². The minimum absolute atomic E-state index is 0.215. The Hall–Kier alpha value is -2.71. The first-order chi connectivity index (χ1) is 8.97. The molecular weight excluding hydrogens is 254 g/mol. The van der Waals surface area contributed by atoms with Gasteiger partial charge >= 0.3 is 5.97 Å². The van der Waals surface area contributed by atoms with Crippen LogP contribution in [0.15, 0.2) is 16.9 Å². The second-order valence-electron chi connectivity index (χ2n) is 3.83. The standard InChI is InChI=1S/C10H11N5O4/c1-5-12-8(14-19-5)9(16)13-7(10(17)18)6-3-11-15(2)4-6/h3-4,7H,1-2H3,(H,13,16)(H,17,18). The summed E-state index contributed by atoms with van der Waals surface area (Å²) in [6.07, 6.45) is 2.86. The van der Waals surface area contributed by atoms with Crippen molar-refractivity contribution in [3.63, 3.8) is 0 Å². The van der Waals surface area contributed by atoms with Crippen LogP contribution in [0.2, 0.25) is 0 Å². The number of nitrogens with zero attached hydrogens (tertiary/aromatic N) is 4. The molecular formula is C10H11N5O4. The van der Waals surface area contributed by atoms with Crippen LogP contribution in [-0.2, 0) is 11.8 Å². The SMILES string of the molecule is Cc1nc(C(=O)NC(C(=O)O)c2cnn(C)c2)no1.